The van der Waals surface area contributed by atoms with E-state index in [9.17, 15) is 9.59 Å². The predicted octanol–water partition coefficient (Wildman–Crippen LogP) is 3.47. The van der Waals surface area contributed by atoms with Crippen molar-refractivity contribution in [3.05, 3.63) is 29.3 Å². The van der Waals surface area contributed by atoms with Gasteiger partial charge in [-0.25, -0.2) is 0 Å². The van der Waals surface area contributed by atoms with Gasteiger partial charge in [-0.05, 0) is 49.4 Å². The summed E-state index contributed by atoms with van der Waals surface area (Å²) in [5.74, 6) is -1.64. The molecular formula is C17H25NO3. The van der Waals surface area contributed by atoms with Crippen molar-refractivity contribution < 1.29 is 14.3 Å². The molecule has 1 N–H and O–H groups in total. The molecule has 0 saturated carbocycles. The third kappa shape index (κ3) is 4.59. The van der Waals surface area contributed by atoms with Crippen LogP contribution in [0.1, 0.15) is 38.8 Å². The molecular weight excluding hydrogens is 266 g/mol. The Morgan fingerprint density at radius 3 is 2.29 bits per heavy atom. The third-order valence-corrected chi connectivity index (χ3v) is 3.42. The van der Waals surface area contributed by atoms with Crippen molar-refractivity contribution in [2.45, 2.75) is 41.5 Å². The standard InChI is InChI=1S/C17H25NO3/c1-7-21-16(20)14(17(4,5)6)15(19)18-13-9-8-11(2)12(3)10-13/h8-10,14H,7H2,1-6H3,(H,18,19). The molecule has 1 rings (SSSR count). The molecule has 0 aliphatic carbocycles. The Kier molecular flexibility index (Phi) is 5.53. The number of esters is 1. The van der Waals surface area contributed by atoms with Crippen LogP contribution in [0.15, 0.2) is 18.2 Å². The molecule has 1 aromatic carbocycles. The van der Waals surface area contributed by atoms with Crippen molar-refractivity contribution in [1.29, 1.82) is 0 Å². The molecule has 0 saturated heterocycles. The molecule has 0 spiro atoms. The topological polar surface area (TPSA) is 55.4 Å². The minimum Gasteiger partial charge on any atom is -0.465 e. The van der Waals surface area contributed by atoms with E-state index in [4.69, 9.17) is 4.74 Å². The first-order valence-corrected chi connectivity index (χ1v) is 7.21. The Bertz CT molecular complexity index is 529. The van der Waals surface area contributed by atoms with Crippen LogP contribution in [0.2, 0.25) is 0 Å². The van der Waals surface area contributed by atoms with E-state index in [-0.39, 0.29) is 12.5 Å². The normalized spacial score (nSPS) is 12.7. The highest BCUT2D eigenvalue weighted by atomic mass is 16.5. The van der Waals surface area contributed by atoms with Gasteiger partial charge in [-0.2, -0.15) is 0 Å². The number of hydrogen-bond acceptors (Lipinski definition) is 3. The van der Waals surface area contributed by atoms with Gasteiger partial charge in [-0.1, -0.05) is 26.8 Å². The Balaban J connectivity index is 2.96. The van der Waals surface area contributed by atoms with E-state index in [1.807, 2.05) is 52.8 Å². The molecule has 116 valence electrons. The number of amides is 1. The van der Waals surface area contributed by atoms with Crippen LogP contribution in [0.5, 0.6) is 0 Å². The Hall–Kier alpha value is -1.84. The van der Waals surface area contributed by atoms with Crippen LogP contribution >= 0.6 is 0 Å². The quantitative estimate of drug-likeness (QED) is 0.682. The first kappa shape index (κ1) is 17.2. The Morgan fingerprint density at radius 2 is 1.81 bits per heavy atom. The molecule has 0 heterocycles. The molecule has 1 unspecified atom stereocenters. The van der Waals surface area contributed by atoms with Gasteiger partial charge in [0.25, 0.3) is 0 Å². The zero-order valence-electron chi connectivity index (χ0n) is 13.7. The van der Waals surface area contributed by atoms with E-state index in [0.29, 0.717) is 5.69 Å². The lowest BCUT2D eigenvalue weighted by molar-refractivity contribution is -0.155. The largest absolute Gasteiger partial charge is 0.465 e. The van der Waals surface area contributed by atoms with Crippen LogP contribution in [-0.4, -0.2) is 18.5 Å². The molecule has 4 heteroatoms. The minimum atomic E-state index is -0.834. The smallest absolute Gasteiger partial charge is 0.319 e. The van der Waals surface area contributed by atoms with Crippen molar-refractivity contribution in [3.8, 4) is 0 Å². The van der Waals surface area contributed by atoms with Gasteiger partial charge in [-0.15, -0.1) is 0 Å². The number of nitrogens with one attached hydrogen (secondary N) is 1. The predicted molar refractivity (Wildman–Crippen MR) is 84.1 cm³/mol. The monoisotopic (exact) mass is 291 g/mol. The highest BCUT2D eigenvalue weighted by Crippen LogP contribution is 2.28. The Labute approximate surface area is 126 Å². The summed E-state index contributed by atoms with van der Waals surface area (Å²) in [7, 11) is 0. The number of anilines is 1. The highest BCUT2D eigenvalue weighted by molar-refractivity contribution is 6.05. The first-order valence-electron chi connectivity index (χ1n) is 7.21. The van der Waals surface area contributed by atoms with Crippen molar-refractivity contribution in [2.24, 2.45) is 11.3 Å². The van der Waals surface area contributed by atoms with Gasteiger partial charge in [-0.3, -0.25) is 9.59 Å². The average Bonchev–Trinajstić information content (AvgIpc) is 2.32. The molecule has 1 aromatic rings. The zero-order valence-corrected chi connectivity index (χ0v) is 13.7. The van der Waals surface area contributed by atoms with Gasteiger partial charge in [0, 0.05) is 5.69 Å². The lowest BCUT2D eigenvalue weighted by Gasteiger charge is -2.27. The maximum atomic E-state index is 12.5. The fourth-order valence-corrected chi connectivity index (χ4v) is 2.11. The van der Waals surface area contributed by atoms with Crippen molar-refractivity contribution in [3.63, 3.8) is 0 Å². The fourth-order valence-electron chi connectivity index (χ4n) is 2.11. The summed E-state index contributed by atoms with van der Waals surface area (Å²) in [5, 5.41) is 2.82. The zero-order chi connectivity index (χ0) is 16.2. The second kappa shape index (κ2) is 6.74. The van der Waals surface area contributed by atoms with E-state index >= 15 is 0 Å². The van der Waals surface area contributed by atoms with Crippen LogP contribution in [0.25, 0.3) is 0 Å². The summed E-state index contributed by atoms with van der Waals surface area (Å²) in [6.07, 6.45) is 0. The molecule has 0 aromatic heterocycles. The van der Waals surface area contributed by atoms with Gasteiger partial charge in [0.2, 0.25) is 5.91 Å². The van der Waals surface area contributed by atoms with E-state index in [2.05, 4.69) is 5.32 Å². The van der Waals surface area contributed by atoms with Crippen LogP contribution in [0, 0.1) is 25.2 Å². The number of ether oxygens (including phenoxy) is 1. The molecule has 1 atom stereocenters. The number of rotatable bonds is 4. The van der Waals surface area contributed by atoms with Crippen LogP contribution < -0.4 is 5.32 Å². The lowest BCUT2D eigenvalue weighted by atomic mass is 9.80. The molecule has 4 nitrogen and oxygen atoms in total. The molecule has 0 bridgehead atoms. The summed E-state index contributed by atoms with van der Waals surface area (Å²) in [6, 6.07) is 5.69. The average molecular weight is 291 g/mol. The second-order valence-corrected chi connectivity index (χ2v) is 6.34. The van der Waals surface area contributed by atoms with Gasteiger partial charge >= 0.3 is 5.97 Å². The van der Waals surface area contributed by atoms with Crippen molar-refractivity contribution >= 4 is 17.6 Å². The minimum absolute atomic E-state index is 0.266. The summed E-state index contributed by atoms with van der Waals surface area (Å²) in [6.45, 7) is 11.6. The maximum Gasteiger partial charge on any atom is 0.319 e. The molecule has 1 amide bonds. The second-order valence-electron chi connectivity index (χ2n) is 6.34. The molecule has 0 aliphatic heterocycles. The summed E-state index contributed by atoms with van der Waals surface area (Å²) in [5.41, 5.74) is 2.44. The van der Waals surface area contributed by atoms with Crippen molar-refractivity contribution in [1.82, 2.24) is 0 Å². The number of benzene rings is 1. The van der Waals surface area contributed by atoms with E-state index < -0.39 is 17.3 Å². The lowest BCUT2D eigenvalue weighted by Crippen LogP contribution is -2.40. The number of hydrogen-bond donors (Lipinski definition) is 1. The van der Waals surface area contributed by atoms with Crippen LogP contribution in [0.4, 0.5) is 5.69 Å². The van der Waals surface area contributed by atoms with Gasteiger partial charge in [0.1, 0.15) is 5.92 Å². The van der Waals surface area contributed by atoms with Gasteiger partial charge in [0.15, 0.2) is 0 Å². The summed E-state index contributed by atoms with van der Waals surface area (Å²) < 4.78 is 5.03. The fraction of sp³-hybridized carbons (Fsp3) is 0.529. The summed E-state index contributed by atoms with van der Waals surface area (Å²) in [4.78, 5) is 24.5. The number of carbonyl (C=O) groups is 2. The molecule has 0 aliphatic rings. The number of carbonyl (C=O) groups excluding carboxylic acids is 2. The maximum absolute atomic E-state index is 12.5. The van der Waals surface area contributed by atoms with E-state index in [1.54, 1.807) is 6.92 Å². The third-order valence-electron chi connectivity index (χ3n) is 3.42. The Morgan fingerprint density at radius 1 is 1.19 bits per heavy atom. The van der Waals surface area contributed by atoms with E-state index in [0.717, 1.165) is 11.1 Å². The molecule has 0 radical (unpaired) electrons. The van der Waals surface area contributed by atoms with E-state index in [1.165, 1.54) is 0 Å². The highest BCUT2D eigenvalue weighted by Gasteiger charge is 2.38. The van der Waals surface area contributed by atoms with Crippen LogP contribution in [-0.2, 0) is 14.3 Å². The summed E-state index contributed by atoms with van der Waals surface area (Å²) >= 11 is 0. The van der Waals surface area contributed by atoms with Gasteiger partial charge in [0.05, 0.1) is 6.61 Å². The van der Waals surface area contributed by atoms with Gasteiger partial charge < -0.3 is 10.1 Å². The molecule has 21 heavy (non-hydrogen) atoms. The SMILES string of the molecule is CCOC(=O)C(C(=O)Nc1ccc(C)c(C)c1)C(C)(C)C. The molecule has 0 fully saturated rings. The first-order chi connectivity index (χ1) is 9.66. The van der Waals surface area contributed by atoms with Crippen LogP contribution in [0.3, 0.4) is 0 Å². The van der Waals surface area contributed by atoms with Crippen molar-refractivity contribution in [2.75, 3.05) is 11.9 Å². The number of aryl methyl sites for hydroxylation is 2.